The number of benzene rings is 1. The summed E-state index contributed by atoms with van der Waals surface area (Å²) in [5.41, 5.74) is 1.75. The number of aromatic hydroxyl groups is 1. The van der Waals surface area contributed by atoms with Crippen molar-refractivity contribution in [3.8, 4) is 5.75 Å². The molecule has 2 N–H and O–H groups in total. The number of hydrogen-bond donors (Lipinski definition) is 2. The average Bonchev–Trinajstić information content (AvgIpc) is 2.32. The van der Waals surface area contributed by atoms with E-state index in [-0.39, 0.29) is 0 Å². The van der Waals surface area contributed by atoms with Gasteiger partial charge in [0, 0.05) is 6.54 Å². The molecule has 0 spiro atoms. The van der Waals surface area contributed by atoms with E-state index in [9.17, 15) is 15.0 Å². The van der Waals surface area contributed by atoms with Gasteiger partial charge in [-0.05, 0) is 50.9 Å². The minimum absolute atomic E-state index is 0.310. The molecule has 0 aliphatic heterocycles. The molecule has 1 rings (SSSR count). The van der Waals surface area contributed by atoms with Crippen molar-refractivity contribution in [2.24, 2.45) is 0 Å². The highest BCUT2D eigenvalue weighted by Crippen LogP contribution is 2.25. The SMILES string of the molecule is CCN(Cc1cc(C)c(O)c(C)c1)C(C)(C)C(=O)O. The van der Waals surface area contributed by atoms with Gasteiger partial charge in [0.1, 0.15) is 11.3 Å². The van der Waals surface area contributed by atoms with Crippen molar-refractivity contribution < 1.29 is 15.0 Å². The van der Waals surface area contributed by atoms with Gasteiger partial charge in [-0.2, -0.15) is 0 Å². The summed E-state index contributed by atoms with van der Waals surface area (Å²) in [5.74, 6) is -0.522. The molecule has 0 aromatic heterocycles. The van der Waals surface area contributed by atoms with Crippen LogP contribution in [0.15, 0.2) is 12.1 Å². The Hall–Kier alpha value is -1.55. The van der Waals surface area contributed by atoms with E-state index in [1.807, 2.05) is 37.8 Å². The van der Waals surface area contributed by atoms with Crippen LogP contribution >= 0.6 is 0 Å². The molecule has 0 unspecified atom stereocenters. The summed E-state index contributed by atoms with van der Waals surface area (Å²) in [6.45, 7) is 10.3. The minimum atomic E-state index is -0.908. The molecule has 0 bridgehead atoms. The first-order valence-corrected chi connectivity index (χ1v) is 6.47. The molecule has 0 amide bonds. The summed E-state index contributed by atoms with van der Waals surface area (Å²) < 4.78 is 0. The molecule has 1 aromatic rings. The number of rotatable bonds is 5. The first kappa shape index (κ1) is 15.5. The first-order valence-electron chi connectivity index (χ1n) is 6.47. The second kappa shape index (κ2) is 5.61. The molecule has 106 valence electrons. The number of phenols is 1. The Morgan fingerprint density at radius 3 is 2.11 bits per heavy atom. The van der Waals surface area contributed by atoms with Gasteiger partial charge in [0.15, 0.2) is 0 Å². The second-order valence-corrected chi connectivity index (χ2v) is 5.46. The fourth-order valence-electron chi connectivity index (χ4n) is 2.20. The Labute approximate surface area is 114 Å². The van der Waals surface area contributed by atoms with Crippen LogP contribution in [0.3, 0.4) is 0 Å². The molecule has 0 saturated heterocycles. The van der Waals surface area contributed by atoms with Crippen LogP contribution in [-0.2, 0) is 11.3 Å². The lowest BCUT2D eigenvalue weighted by Gasteiger charge is -2.34. The molecule has 0 aliphatic carbocycles. The predicted octanol–water partition coefficient (Wildman–Crippen LogP) is 2.69. The van der Waals surface area contributed by atoms with E-state index in [1.165, 1.54) is 0 Å². The standard InChI is InChI=1S/C15H23NO3/c1-6-16(15(4,5)14(18)19)9-12-7-10(2)13(17)11(3)8-12/h7-8,17H,6,9H2,1-5H3,(H,18,19). The molecular formula is C15H23NO3. The molecular weight excluding hydrogens is 242 g/mol. The molecule has 4 nitrogen and oxygen atoms in total. The van der Waals surface area contributed by atoms with E-state index < -0.39 is 11.5 Å². The zero-order valence-corrected chi connectivity index (χ0v) is 12.3. The zero-order valence-electron chi connectivity index (χ0n) is 12.3. The lowest BCUT2D eigenvalue weighted by atomic mass is 10.00. The average molecular weight is 265 g/mol. The lowest BCUT2D eigenvalue weighted by Crippen LogP contribution is -2.49. The van der Waals surface area contributed by atoms with Crippen molar-refractivity contribution in [1.29, 1.82) is 0 Å². The highest BCUT2D eigenvalue weighted by molar-refractivity contribution is 5.77. The highest BCUT2D eigenvalue weighted by atomic mass is 16.4. The van der Waals surface area contributed by atoms with E-state index in [2.05, 4.69) is 0 Å². The van der Waals surface area contributed by atoms with Gasteiger partial charge < -0.3 is 10.2 Å². The van der Waals surface area contributed by atoms with Gasteiger partial charge >= 0.3 is 5.97 Å². The van der Waals surface area contributed by atoms with Crippen LogP contribution in [-0.4, -0.2) is 33.2 Å². The smallest absolute Gasteiger partial charge is 0.323 e. The number of carboxylic acids is 1. The quantitative estimate of drug-likeness (QED) is 0.859. The summed E-state index contributed by atoms with van der Waals surface area (Å²) in [5, 5.41) is 19.1. The number of hydrogen-bond acceptors (Lipinski definition) is 3. The number of nitrogens with zero attached hydrogens (tertiary/aromatic N) is 1. The summed E-state index contributed by atoms with van der Waals surface area (Å²) in [6, 6.07) is 3.81. The molecule has 0 fully saturated rings. The zero-order chi connectivity index (χ0) is 14.8. The van der Waals surface area contributed by atoms with E-state index in [0.717, 1.165) is 16.7 Å². The van der Waals surface area contributed by atoms with Crippen LogP contribution in [0.25, 0.3) is 0 Å². The van der Waals surface area contributed by atoms with E-state index in [1.54, 1.807) is 13.8 Å². The van der Waals surface area contributed by atoms with Crippen molar-refractivity contribution in [3.63, 3.8) is 0 Å². The van der Waals surface area contributed by atoms with Gasteiger partial charge in [0.25, 0.3) is 0 Å². The number of aryl methyl sites for hydroxylation is 2. The Bertz CT molecular complexity index is 457. The molecule has 0 radical (unpaired) electrons. The van der Waals surface area contributed by atoms with Crippen molar-refractivity contribution >= 4 is 5.97 Å². The third kappa shape index (κ3) is 3.26. The summed E-state index contributed by atoms with van der Waals surface area (Å²) in [6.07, 6.45) is 0. The van der Waals surface area contributed by atoms with Crippen LogP contribution < -0.4 is 0 Å². The lowest BCUT2D eigenvalue weighted by molar-refractivity contribution is -0.149. The van der Waals surface area contributed by atoms with Gasteiger partial charge in [0.2, 0.25) is 0 Å². The predicted molar refractivity (Wildman–Crippen MR) is 75.4 cm³/mol. The minimum Gasteiger partial charge on any atom is -0.507 e. The Morgan fingerprint density at radius 1 is 1.26 bits per heavy atom. The number of aliphatic carboxylic acids is 1. The molecule has 0 aliphatic rings. The molecule has 19 heavy (non-hydrogen) atoms. The Kier molecular flexibility index (Phi) is 4.58. The fourth-order valence-corrected chi connectivity index (χ4v) is 2.20. The van der Waals surface area contributed by atoms with Crippen molar-refractivity contribution in [1.82, 2.24) is 4.90 Å². The molecule has 1 aromatic carbocycles. The molecule has 0 saturated carbocycles. The summed E-state index contributed by atoms with van der Waals surface area (Å²) >= 11 is 0. The number of carbonyl (C=O) groups is 1. The van der Waals surface area contributed by atoms with E-state index >= 15 is 0 Å². The topological polar surface area (TPSA) is 60.8 Å². The third-order valence-electron chi connectivity index (χ3n) is 3.62. The van der Waals surface area contributed by atoms with Crippen LogP contribution in [0, 0.1) is 13.8 Å². The van der Waals surface area contributed by atoms with E-state index in [4.69, 9.17) is 0 Å². The maximum absolute atomic E-state index is 11.3. The molecule has 0 atom stereocenters. The van der Waals surface area contributed by atoms with Crippen LogP contribution in [0.2, 0.25) is 0 Å². The van der Waals surface area contributed by atoms with Gasteiger partial charge in [-0.15, -0.1) is 0 Å². The maximum atomic E-state index is 11.3. The van der Waals surface area contributed by atoms with Gasteiger partial charge in [-0.1, -0.05) is 19.1 Å². The summed E-state index contributed by atoms with van der Waals surface area (Å²) in [7, 11) is 0. The fraction of sp³-hybridized carbons (Fsp3) is 0.533. The number of carboxylic acid groups (broad SMARTS) is 1. The van der Waals surface area contributed by atoms with Gasteiger partial charge in [-0.3, -0.25) is 9.69 Å². The van der Waals surface area contributed by atoms with E-state index in [0.29, 0.717) is 18.8 Å². The Morgan fingerprint density at radius 2 is 1.74 bits per heavy atom. The number of phenolic OH excluding ortho intramolecular Hbond substituents is 1. The normalized spacial score (nSPS) is 11.9. The molecule has 4 heteroatoms. The van der Waals surface area contributed by atoms with Crippen molar-refractivity contribution in [2.45, 2.75) is 46.7 Å². The van der Waals surface area contributed by atoms with Crippen LogP contribution in [0.4, 0.5) is 0 Å². The largest absolute Gasteiger partial charge is 0.507 e. The van der Waals surface area contributed by atoms with Gasteiger partial charge in [0.05, 0.1) is 0 Å². The van der Waals surface area contributed by atoms with Crippen molar-refractivity contribution in [2.75, 3.05) is 6.54 Å². The highest BCUT2D eigenvalue weighted by Gasteiger charge is 2.33. The van der Waals surface area contributed by atoms with Gasteiger partial charge in [-0.25, -0.2) is 0 Å². The molecule has 0 heterocycles. The monoisotopic (exact) mass is 265 g/mol. The first-order chi connectivity index (χ1) is 8.70. The summed E-state index contributed by atoms with van der Waals surface area (Å²) in [4.78, 5) is 13.2. The van der Waals surface area contributed by atoms with Crippen LogP contribution in [0.1, 0.15) is 37.5 Å². The third-order valence-corrected chi connectivity index (χ3v) is 3.62. The number of likely N-dealkylation sites (N-methyl/N-ethyl adjacent to an activating group) is 1. The maximum Gasteiger partial charge on any atom is 0.323 e. The Balaban J connectivity index is 3.03. The van der Waals surface area contributed by atoms with Crippen LogP contribution in [0.5, 0.6) is 5.75 Å². The second-order valence-electron chi connectivity index (χ2n) is 5.46. The van der Waals surface area contributed by atoms with Crippen molar-refractivity contribution in [3.05, 3.63) is 28.8 Å².